The molecule has 1 aromatic heterocycles. The lowest BCUT2D eigenvalue weighted by molar-refractivity contribution is 0.305. The highest BCUT2D eigenvalue weighted by atomic mass is 35.5. The third-order valence-corrected chi connectivity index (χ3v) is 5.72. The highest BCUT2D eigenvalue weighted by Gasteiger charge is 2.08. The Morgan fingerprint density at radius 2 is 1.76 bits per heavy atom. The average molecular weight is 486 g/mol. The van der Waals surface area contributed by atoms with E-state index in [1.54, 1.807) is 28.6 Å². The lowest BCUT2D eigenvalue weighted by atomic mass is 10.2. The van der Waals surface area contributed by atoms with Gasteiger partial charge in [-0.15, -0.1) is 17.5 Å². The molecule has 0 saturated heterocycles. The Balaban J connectivity index is 0.00000306. The molecule has 6 nitrogen and oxygen atoms in total. The molecule has 3 aromatic carbocycles. The van der Waals surface area contributed by atoms with Crippen LogP contribution >= 0.6 is 24.2 Å². The van der Waals surface area contributed by atoms with E-state index in [1.165, 1.54) is 12.1 Å². The Labute approximate surface area is 203 Å². The van der Waals surface area contributed by atoms with Gasteiger partial charge >= 0.3 is 0 Å². The van der Waals surface area contributed by atoms with Crippen molar-refractivity contribution in [2.75, 3.05) is 12.3 Å². The molecule has 33 heavy (non-hydrogen) atoms. The van der Waals surface area contributed by atoms with Crippen LogP contribution in [0.15, 0.2) is 84.0 Å². The molecule has 9 heteroatoms. The Hall–Kier alpha value is -2.94. The van der Waals surface area contributed by atoms with Crippen LogP contribution in [0.5, 0.6) is 5.75 Å². The van der Waals surface area contributed by atoms with Crippen LogP contribution < -0.4 is 10.1 Å². The molecule has 1 N–H and O–H groups in total. The Kier molecular flexibility index (Phi) is 9.68. The minimum atomic E-state index is -0.241. The fraction of sp³-hybridized carbons (Fsp3) is 0.208. The molecule has 0 amide bonds. The van der Waals surface area contributed by atoms with Gasteiger partial charge < -0.3 is 10.1 Å². The molecule has 0 aliphatic carbocycles. The van der Waals surface area contributed by atoms with Gasteiger partial charge in [0.2, 0.25) is 5.16 Å². The van der Waals surface area contributed by atoms with E-state index >= 15 is 0 Å². The molecule has 0 aliphatic rings. The second-order valence-electron chi connectivity index (χ2n) is 7.15. The first-order valence-corrected chi connectivity index (χ1v) is 11.4. The first-order chi connectivity index (χ1) is 15.8. The summed E-state index contributed by atoms with van der Waals surface area (Å²) in [6.45, 7) is 2.07. The molecule has 0 bridgehead atoms. The SMILES string of the molecule is Cl.Fc1ccc(COc2cccc(CNCCCSc3nnnn3-c3ccccc3)c2)cc1. The number of rotatable bonds is 11. The van der Waals surface area contributed by atoms with Gasteiger partial charge in [-0.25, -0.2) is 4.39 Å². The van der Waals surface area contributed by atoms with Crippen molar-refractivity contribution >= 4 is 24.2 Å². The number of halogens is 2. The van der Waals surface area contributed by atoms with Crippen LogP contribution in [0.3, 0.4) is 0 Å². The van der Waals surface area contributed by atoms with E-state index in [9.17, 15) is 4.39 Å². The van der Waals surface area contributed by atoms with Crippen LogP contribution in [0.2, 0.25) is 0 Å². The topological polar surface area (TPSA) is 64.9 Å². The lowest BCUT2D eigenvalue weighted by Crippen LogP contribution is -2.15. The van der Waals surface area contributed by atoms with Crippen LogP contribution in [-0.2, 0) is 13.2 Å². The first kappa shape index (κ1) is 24.7. The van der Waals surface area contributed by atoms with Gasteiger partial charge in [0.1, 0.15) is 18.2 Å². The molecule has 0 radical (unpaired) electrons. The first-order valence-electron chi connectivity index (χ1n) is 10.4. The minimum absolute atomic E-state index is 0. The highest BCUT2D eigenvalue weighted by molar-refractivity contribution is 7.99. The summed E-state index contributed by atoms with van der Waals surface area (Å²) in [6.07, 6.45) is 0.993. The smallest absolute Gasteiger partial charge is 0.214 e. The summed E-state index contributed by atoms with van der Waals surface area (Å²) in [5, 5.41) is 16.3. The zero-order valence-electron chi connectivity index (χ0n) is 17.9. The molecule has 0 saturated carbocycles. The molecular formula is C24H25ClFN5OS. The fourth-order valence-electron chi connectivity index (χ4n) is 3.09. The number of benzene rings is 3. The van der Waals surface area contributed by atoms with E-state index in [0.29, 0.717) is 6.61 Å². The van der Waals surface area contributed by atoms with Crippen LogP contribution in [0, 0.1) is 5.82 Å². The fourth-order valence-corrected chi connectivity index (χ4v) is 3.92. The standard InChI is InChI=1S/C24H24FN5OS.ClH/c25-21-12-10-19(11-13-21)18-31-23-9-4-6-20(16-23)17-26-14-5-15-32-24-27-28-29-30(24)22-7-2-1-3-8-22;/h1-4,6-13,16,26H,5,14-15,17-18H2;1H. The van der Waals surface area contributed by atoms with Crippen LogP contribution in [0.25, 0.3) is 5.69 Å². The van der Waals surface area contributed by atoms with Crippen LogP contribution in [-0.4, -0.2) is 32.5 Å². The number of aromatic nitrogens is 4. The van der Waals surface area contributed by atoms with Gasteiger partial charge in [0.25, 0.3) is 0 Å². The quantitative estimate of drug-likeness (QED) is 0.236. The van der Waals surface area contributed by atoms with Crippen molar-refractivity contribution in [2.45, 2.75) is 24.7 Å². The van der Waals surface area contributed by atoms with Crippen LogP contribution in [0.4, 0.5) is 4.39 Å². The minimum Gasteiger partial charge on any atom is -0.489 e. The van der Waals surface area contributed by atoms with Gasteiger partial charge in [0, 0.05) is 12.3 Å². The Morgan fingerprint density at radius 3 is 2.58 bits per heavy atom. The van der Waals surface area contributed by atoms with Crippen molar-refractivity contribution in [2.24, 2.45) is 0 Å². The summed E-state index contributed by atoms with van der Waals surface area (Å²) in [6, 6.07) is 24.2. The number of nitrogens with one attached hydrogen (secondary N) is 1. The third-order valence-electron chi connectivity index (χ3n) is 4.72. The summed E-state index contributed by atoms with van der Waals surface area (Å²) >= 11 is 1.65. The number of hydrogen-bond acceptors (Lipinski definition) is 6. The summed E-state index contributed by atoms with van der Waals surface area (Å²) in [4.78, 5) is 0. The largest absolute Gasteiger partial charge is 0.489 e. The van der Waals surface area contributed by atoms with Crippen molar-refractivity contribution in [3.05, 3.63) is 95.8 Å². The summed E-state index contributed by atoms with van der Waals surface area (Å²) in [5.74, 6) is 1.48. The maximum absolute atomic E-state index is 13.0. The van der Waals surface area contributed by atoms with E-state index in [1.807, 2.05) is 48.5 Å². The van der Waals surface area contributed by atoms with Crippen molar-refractivity contribution in [3.63, 3.8) is 0 Å². The number of thioether (sulfide) groups is 1. The average Bonchev–Trinajstić information content (AvgIpc) is 3.30. The maximum Gasteiger partial charge on any atom is 0.214 e. The summed E-state index contributed by atoms with van der Waals surface area (Å²) < 4.78 is 20.6. The molecule has 0 atom stereocenters. The van der Waals surface area contributed by atoms with Crippen molar-refractivity contribution < 1.29 is 9.13 Å². The van der Waals surface area contributed by atoms with Crippen molar-refractivity contribution in [1.82, 2.24) is 25.5 Å². The maximum atomic E-state index is 13.0. The van der Waals surface area contributed by atoms with Crippen molar-refractivity contribution in [1.29, 1.82) is 0 Å². The van der Waals surface area contributed by atoms with E-state index in [4.69, 9.17) is 4.74 Å². The third kappa shape index (κ3) is 7.56. The zero-order valence-corrected chi connectivity index (χ0v) is 19.6. The summed E-state index contributed by atoms with van der Waals surface area (Å²) in [5.41, 5.74) is 3.05. The normalized spacial score (nSPS) is 10.6. The molecule has 4 rings (SSSR count). The number of hydrogen-bond donors (Lipinski definition) is 1. The Bertz CT molecular complexity index is 1110. The van der Waals surface area contributed by atoms with E-state index in [2.05, 4.69) is 26.9 Å². The summed E-state index contributed by atoms with van der Waals surface area (Å²) in [7, 11) is 0. The molecule has 1 heterocycles. The van der Waals surface area contributed by atoms with Gasteiger partial charge in [-0.2, -0.15) is 4.68 Å². The highest BCUT2D eigenvalue weighted by Crippen LogP contribution is 2.19. The second kappa shape index (κ2) is 12.9. The van der Waals surface area contributed by atoms with Gasteiger partial charge in [-0.3, -0.25) is 0 Å². The lowest BCUT2D eigenvalue weighted by Gasteiger charge is -2.09. The molecule has 172 valence electrons. The number of tetrazole rings is 1. The van der Waals surface area contributed by atoms with E-state index in [0.717, 1.165) is 53.0 Å². The van der Waals surface area contributed by atoms with Gasteiger partial charge in [-0.05, 0) is 70.9 Å². The molecular weight excluding hydrogens is 461 g/mol. The Morgan fingerprint density at radius 1 is 0.939 bits per heavy atom. The monoisotopic (exact) mass is 485 g/mol. The predicted molar refractivity (Wildman–Crippen MR) is 131 cm³/mol. The number of ether oxygens (including phenoxy) is 1. The second-order valence-corrected chi connectivity index (χ2v) is 8.21. The zero-order chi connectivity index (χ0) is 22.0. The number of para-hydroxylation sites is 1. The van der Waals surface area contributed by atoms with Gasteiger partial charge in [0.15, 0.2) is 0 Å². The predicted octanol–water partition coefficient (Wildman–Crippen LogP) is 5.07. The van der Waals surface area contributed by atoms with Crippen LogP contribution in [0.1, 0.15) is 17.5 Å². The number of nitrogens with zero attached hydrogens (tertiary/aromatic N) is 4. The molecule has 4 aromatic rings. The van der Waals surface area contributed by atoms with Crippen molar-refractivity contribution in [3.8, 4) is 11.4 Å². The van der Waals surface area contributed by atoms with E-state index in [-0.39, 0.29) is 18.2 Å². The van der Waals surface area contributed by atoms with Gasteiger partial charge in [0.05, 0.1) is 5.69 Å². The molecule has 0 fully saturated rings. The van der Waals surface area contributed by atoms with Gasteiger partial charge in [-0.1, -0.05) is 54.2 Å². The van der Waals surface area contributed by atoms with E-state index < -0.39 is 0 Å². The molecule has 0 aliphatic heterocycles. The molecule has 0 unspecified atom stereocenters. The molecule has 0 spiro atoms.